The van der Waals surface area contributed by atoms with Crippen LogP contribution < -0.4 is 0 Å². The third-order valence-corrected chi connectivity index (χ3v) is 3.34. The van der Waals surface area contributed by atoms with Gasteiger partial charge in [-0.3, -0.25) is 0 Å². The van der Waals surface area contributed by atoms with E-state index in [2.05, 4.69) is 81.1 Å². The molecule has 0 spiro atoms. The van der Waals surface area contributed by atoms with Crippen molar-refractivity contribution in [1.82, 2.24) is 0 Å². The minimum Gasteiger partial charge on any atom is -0.0998 e. The molecule has 0 amide bonds. The lowest BCUT2D eigenvalue weighted by Crippen LogP contribution is -1.91. The summed E-state index contributed by atoms with van der Waals surface area (Å²) in [7, 11) is 0. The van der Waals surface area contributed by atoms with Crippen LogP contribution in [0.3, 0.4) is 0 Å². The highest BCUT2D eigenvalue weighted by molar-refractivity contribution is 5.68. The quantitative estimate of drug-likeness (QED) is 0.616. The molecule has 0 N–H and O–H groups in total. The van der Waals surface area contributed by atoms with Crippen LogP contribution in [0.1, 0.15) is 25.0 Å². The number of allylic oxidation sites excluding steroid dienone is 3. The summed E-state index contributed by atoms with van der Waals surface area (Å²) in [6.07, 6.45) is 6.23. The number of hydrogen-bond donors (Lipinski definition) is 0. The Kier molecular flexibility index (Phi) is 4.95. The highest BCUT2D eigenvalue weighted by Crippen LogP contribution is 2.26. The molecule has 0 aliphatic rings. The molecule has 2 aromatic carbocycles. The van der Waals surface area contributed by atoms with Crippen molar-refractivity contribution >= 4 is 0 Å². The highest BCUT2D eigenvalue weighted by Gasteiger charge is 2.05. The molecule has 0 unspecified atom stereocenters. The second-order valence-corrected chi connectivity index (χ2v) is 5.26. The molecule has 0 nitrogen and oxygen atoms in total. The van der Waals surface area contributed by atoms with E-state index in [1.165, 1.54) is 27.8 Å². The van der Waals surface area contributed by atoms with Crippen molar-refractivity contribution < 1.29 is 0 Å². The van der Waals surface area contributed by atoms with Crippen LogP contribution in [0.5, 0.6) is 0 Å². The molecule has 0 saturated heterocycles. The Labute approximate surface area is 122 Å². The van der Waals surface area contributed by atoms with Crippen molar-refractivity contribution in [2.45, 2.75) is 26.7 Å². The maximum atomic E-state index is 4.03. The van der Waals surface area contributed by atoms with E-state index in [4.69, 9.17) is 0 Å². The van der Waals surface area contributed by atoms with Gasteiger partial charge in [-0.25, -0.2) is 0 Å². The number of hydrogen-bond acceptors (Lipinski definition) is 0. The van der Waals surface area contributed by atoms with Gasteiger partial charge in [-0.05, 0) is 48.9 Å². The Bertz CT molecular complexity index is 617. The van der Waals surface area contributed by atoms with Gasteiger partial charge in [0.05, 0.1) is 0 Å². The van der Waals surface area contributed by atoms with Gasteiger partial charge in [0.1, 0.15) is 0 Å². The van der Waals surface area contributed by atoms with Gasteiger partial charge >= 0.3 is 0 Å². The molecule has 2 rings (SSSR count). The monoisotopic (exact) mass is 262 g/mol. The molecule has 0 radical (unpaired) electrons. The van der Waals surface area contributed by atoms with Gasteiger partial charge in [0.2, 0.25) is 0 Å². The first kappa shape index (κ1) is 14.3. The SMILES string of the molecule is C=C(C)Cc1ccccc1-c1cccc(C/C=C/C)c1. The largest absolute Gasteiger partial charge is 0.0998 e. The molecule has 0 aliphatic heterocycles. The molecule has 2 aromatic rings. The highest BCUT2D eigenvalue weighted by atomic mass is 14.1. The second kappa shape index (κ2) is 6.91. The van der Waals surface area contributed by atoms with Crippen molar-refractivity contribution in [2.75, 3.05) is 0 Å². The molecule has 0 heteroatoms. The van der Waals surface area contributed by atoms with E-state index >= 15 is 0 Å². The van der Waals surface area contributed by atoms with E-state index in [-0.39, 0.29) is 0 Å². The van der Waals surface area contributed by atoms with Crippen LogP contribution in [-0.2, 0) is 12.8 Å². The maximum Gasteiger partial charge on any atom is -0.00664 e. The van der Waals surface area contributed by atoms with Gasteiger partial charge in [0, 0.05) is 0 Å². The summed E-state index contributed by atoms with van der Waals surface area (Å²) in [5.74, 6) is 0. The van der Waals surface area contributed by atoms with E-state index in [1.807, 2.05) is 0 Å². The standard InChI is InChI=1S/C20H22/c1-4-5-9-17-10-8-12-19(15-17)20-13-7-6-11-18(20)14-16(2)3/h4-8,10-13,15H,2,9,14H2,1,3H3/b5-4+. The zero-order valence-corrected chi connectivity index (χ0v) is 12.4. The summed E-state index contributed by atoms with van der Waals surface area (Å²) < 4.78 is 0. The van der Waals surface area contributed by atoms with Crippen LogP contribution in [0.4, 0.5) is 0 Å². The molecule has 0 atom stereocenters. The third kappa shape index (κ3) is 3.71. The van der Waals surface area contributed by atoms with Crippen LogP contribution in [0.15, 0.2) is 72.8 Å². The molecule has 0 fully saturated rings. The van der Waals surface area contributed by atoms with E-state index in [1.54, 1.807) is 0 Å². The molecular formula is C20H22. The van der Waals surface area contributed by atoms with Gasteiger partial charge in [0.25, 0.3) is 0 Å². The Morgan fingerprint density at radius 1 is 1.10 bits per heavy atom. The lowest BCUT2D eigenvalue weighted by molar-refractivity contribution is 1.16. The Hall–Kier alpha value is -2.08. The van der Waals surface area contributed by atoms with Crippen molar-refractivity contribution in [2.24, 2.45) is 0 Å². The van der Waals surface area contributed by atoms with Gasteiger partial charge < -0.3 is 0 Å². The summed E-state index contributed by atoms with van der Waals surface area (Å²) in [5.41, 5.74) is 6.51. The first-order valence-electron chi connectivity index (χ1n) is 7.13. The van der Waals surface area contributed by atoms with E-state index < -0.39 is 0 Å². The van der Waals surface area contributed by atoms with Gasteiger partial charge in [-0.1, -0.05) is 72.8 Å². The molecule has 20 heavy (non-hydrogen) atoms. The van der Waals surface area contributed by atoms with Crippen LogP contribution in [0.25, 0.3) is 11.1 Å². The average molecular weight is 262 g/mol. The van der Waals surface area contributed by atoms with E-state index in [9.17, 15) is 0 Å². The van der Waals surface area contributed by atoms with Crippen molar-refractivity contribution in [3.8, 4) is 11.1 Å². The minimum atomic E-state index is 0.940. The lowest BCUT2D eigenvalue weighted by atomic mass is 9.94. The molecule has 102 valence electrons. The zero-order valence-electron chi connectivity index (χ0n) is 12.4. The van der Waals surface area contributed by atoms with Crippen molar-refractivity contribution in [3.05, 3.63) is 84.0 Å². The van der Waals surface area contributed by atoms with Crippen LogP contribution in [0, 0.1) is 0 Å². The van der Waals surface area contributed by atoms with Gasteiger partial charge in [-0.2, -0.15) is 0 Å². The summed E-state index contributed by atoms with van der Waals surface area (Å²) in [4.78, 5) is 0. The third-order valence-electron chi connectivity index (χ3n) is 3.34. The fourth-order valence-corrected chi connectivity index (χ4v) is 2.40. The Morgan fingerprint density at radius 3 is 2.65 bits per heavy atom. The number of rotatable bonds is 5. The normalized spacial score (nSPS) is 10.9. The van der Waals surface area contributed by atoms with Crippen LogP contribution >= 0.6 is 0 Å². The average Bonchev–Trinajstić information content (AvgIpc) is 2.45. The fourth-order valence-electron chi connectivity index (χ4n) is 2.40. The smallest absolute Gasteiger partial charge is 0.00664 e. The molecule has 0 saturated carbocycles. The summed E-state index contributed by atoms with van der Waals surface area (Å²) >= 11 is 0. The van der Waals surface area contributed by atoms with E-state index in [0.29, 0.717) is 0 Å². The predicted octanol–water partition coefficient (Wildman–Crippen LogP) is 5.59. The minimum absolute atomic E-state index is 0.940. The summed E-state index contributed by atoms with van der Waals surface area (Å²) in [6.45, 7) is 8.18. The molecule has 0 heterocycles. The zero-order chi connectivity index (χ0) is 14.4. The van der Waals surface area contributed by atoms with Gasteiger partial charge in [-0.15, -0.1) is 0 Å². The fraction of sp³-hybridized carbons (Fsp3) is 0.200. The molecule has 0 aromatic heterocycles. The Morgan fingerprint density at radius 2 is 1.90 bits per heavy atom. The lowest BCUT2D eigenvalue weighted by Gasteiger charge is -2.11. The maximum absolute atomic E-state index is 4.03. The van der Waals surface area contributed by atoms with Crippen LogP contribution in [0.2, 0.25) is 0 Å². The topological polar surface area (TPSA) is 0 Å². The molecule has 0 bridgehead atoms. The second-order valence-electron chi connectivity index (χ2n) is 5.26. The van der Waals surface area contributed by atoms with Crippen LogP contribution in [-0.4, -0.2) is 0 Å². The first-order valence-corrected chi connectivity index (χ1v) is 7.13. The van der Waals surface area contributed by atoms with E-state index in [0.717, 1.165) is 12.8 Å². The molecular weight excluding hydrogens is 240 g/mol. The first-order chi connectivity index (χ1) is 9.70. The molecule has 0 aliphatic carbocycles. The summed E-state index contributed by atoms with van der Waals surface area (Å²) in [6, 6.07) is 17.4. The van der Waals surface area contributed by atoms with Crippen molar-refractivity contribution in [1.29, 1.82) is 0 Å². The Balaban J connectivity index is 2.38. The van der Waals surface area contributed by atoms with Crippen molar-refractivity contribution in [3.63, 3.8) is 0 Å². The predicted molar refractivity (Wildman–Crippen MR) is 88.9 cm³/mol. The summed E-state index contributed by atoms with van der Waals surface area (Å²) in [5, 5.41) is 0. The van der Waals surface area contributed by atoms with Gasteiger partial charge in [0.15, 0.2) is 0 Å². The number of benzene rings is 2.